The van der Waals surface area contributed by atoms with Gasteiger partial charge in [-0.2, -0.15) is 0 Å². The Morgan fingerprint density at radius 1 is 1.21 bits per heavy atom. The molecule has 4 rings (SSSR count). The molecular weight excluding hydrogens is 444 g/mol. The number of halogens is 1. The fourth-order valence-electron chi connectivity index (χ4n) is 2.94. The van der Waals surface area contributed by atoms with E-state index in [1.165, 1.54) is 17.6 Å². The molecule has 0 atom stereocenters. The molecule has 1 aliphatic heterocycles. The number of furan rings is 1. The first-order valence-corrected chi connectivity index (χ1v) is 10.3. The van der Waals surface area contributed by atoms with Crippen molar-refractivity contribution in [2.24, 2.45) is 0 Å². The van der Waals surface area contributed by atoms with Crippen molar-refractivity contribution < 1.29 is 14.0 Å². The number of nitrogens with zero attached hydrogens (tertiary/aromatic N) is 2. The summed E-state index contributed by atoms with van der Waals surface area (Å²) in [5.74, 6) is -0.122. The van der Waals surface area contributed by atoms with Gasteiger partial charge in [0.1, 0.15) is 0 Å². The molecular formula is C19H17BrN4O3S. The third-order valence-electron chi connectivity index (χ3n) is 4.27. The van der Waals surface area contributed by atoms with E-state index in [1.54, 1.807) is 12.1 Å². The fraction of sp³-hybridized carbons (Fsp3) is 0.211. The van der Waals surface area contributed by atoms with E-state index >= 15 is 0 Å². The monoisotopic (exact) mass is 460 g/mol. The fourth-order valence-corrected chi connectivity index (χ4v) is 4.25. The average Bonchev–Trinajstić information content (AvgIpc) is 3.32. The van der Waals surface area contributed by atoms with E-state index in [2.05, 4.69) is 36.4 Å². The Hall–Kier alpha value is -2.49. The predicted molar refractivity (Wildman–Crippen MR) is 111 cm³/mol. The van der Waals surface area contributed by atoms with Gasteiger partial charge >= 0.3 is 0 Å². The second-order valence-corrected chi connectivity index (χ2v) is 8.34. The Balaban J connectivity index is 1.34. The summed E-state index contributed by atoms with van der Waals surface area (Å²) in [5.41, 5.74) is 1.75. The van der Waals surface area contributed by atoms with Crippen LogP contribution in [0.4, 0.5) is 10.8 Å². The van der Waals surface area contributed by atoms with E-state index in [0.29, 0.717) is 18.2 Å². The van der Waals surface area contributed by atoms with Gasteiger partial charge < -0.3 is 9.73 Å². The summed E-state index contributed by atoms with van der Waals surface area (Å²) in [6.07, 6.45) is 2.20. The Labute approximate surface area is 173 Å². The second kappa shape index (κ2) is 8.26. The van der Waals surface area contributed by atoms with Crippen LogP contribution in [0, 0.1) is 0 Å². The zero-order chi connectivity index (χ0) is 19.5. The van der Waals surface area contributed by atoms with Gasteiger partial charge in [-0.1, -0.05) is 15.9 Å². The summed E-state index contributed by atoms with van der Waals surface area (Å²) in [5, 5.41) is 6.22. The summed E-state index contributed by atoms with van der Waals surface area (Å²) in [6.45, 7) is 1.69. The van der Waals surface area contributed by atoms with Gasteiger partial charge in [0.15, 0.2) is 10.9 Å². The third kappa shape index (κ3) is 4.49. The molecule has 3 heterocycles. The Kier molecular flexibility index (Phi) is 5.56. The maximum absolute atomic E-state index is 12.3. The minimum absolute atomic E-state index is 0.0540. The van der Waals surface area contributed by atoms with Crippen molar-refractivity contribution in [2.45, 2.75) is 13.0 Å². The molecule has 2 amide bonds. The van der Waals surface area contributed by atoms with Gasteiger partial charge in [-0.3, -0.25) is 19.8 Å². The molecule has 0 spiro atoms. The quantitative estimate of drug-likeness (QED) is 0.605. The standard InChI is InChI=1S/C19H17BrN4O3S/c20-12-3-5-13(6-4-12)21-17(25)11-24-8-7-14-16(10-24)28-19(22-14)23-18(26)15-2-1-9-27-15/h1-6,9H,7-8,10-11H2,(H,21,25)(H,22,23,26). The molecule has 0 saturated heterocycles. The van der Waals surface area contributed by atoms with Crippen LogP contribution in [0.2, 0.25) is 0 Å². The van der Waals surface area contributed by atoms with Gasteiger partial charge in [-0.25, -0.2) is 4.98 Å². The number of carbonyl (C=O) groups is 2. The van der Waals surface area contributed by atoms with Crippen molar-refractivity contribution in [1.29, 1.82) is 0 Å². The van der Waals surface area contributed by atoms with E-state index < -0.39 is 0 Å². The highest BCUT2D eigenvalue weighted by atomic mass is 79.9. The minimum atomic E-state index is -0.318. The van der Waals surface area contributed by atoms with Gasteiger partial charge in [-0.05, 0) is 36.4 Å². The average molecular weight is 461 g/mol. The number of fused-ring (bicyclic) bond motifs is 1. The maximum Gasteiger partial charge on any atom is 0.293 e. The molecule has 9 heteroatoms. The normalized spacial score (nSPS) is 13.8. The van der Waals surface area contributed by atoms with Crippen LogP contribution < -0.4 is 10.6 Å². The van der Waals surface area contributed by atoms with Crippen molar-refractivity contribution >= 4 is 49.9 Å². The first-order valence-electron chi connectivity index (χ1n) is 8.68. The lowest BCUT2D eigenvalue weighted by Gasteiger charge is -2.25. The highest BCUT2D eigenvalue weighted by molar-refractivity contribution is 9.10. The van der Waals surface area contributed by atoms with E-state index in [0.717, 1.165) is 33.7 Å². The molecule has 0 saturated carbocycles. The smallest absolute Gasteiger partial charge is 0.293 e. The van der Waals surface area contributed by atoms with Gasteiger partial charge in [0.2, 0.25) is 5.91 Å². The van der Waals surface area contributed by atoms with Crippen LogP contribution in [0.1, 0.15) is 21.1 Å². The molecule has 1 aliphatic rings. The first-order chi connectivity index (χ1) is 13.6. The van der Waals surface area contributed by atoms with E-state index in [1.807, 2.05) is 24.3 Å². The highest BCUT2D eigenvalue weighted by Crippen LogP contribution is 2.28. The van der Waals surface area contributed by atoms with Gasteiger partial charge in [0.05, 0.1) is 18.5 Å². The van der Waals surface area contributed by atoms with Crippen LogP contribution in [0.25, 0.3) is 0 Å². The van der Waals surface area contributed by atoms with Crippen LogP contribution >= 0.6 is 27.3 Å². The maximum atomic E-state index is 12.3. The molecule has 0 radical (unpaired) electrons. The van der Waals surface area contributed by atoms with Crippen molar-refractivity contribution in [1.82, 2.24) is 9.88 Å². The third-order valence-corrected chi connectivity index (χ3v) is 5.80. The Morgan fingerprint density at radius 2 is 2.04 bits per heavy atom. The lowest BCUT2D eigenvalue weighted by Crippen LogP contribution is -2.36. The molecule has 144 valence electrons. The molecule has 1 aromatic carbocycles. The van der Waals surface area contributed by atoms with Crippen LogP contribution in [-0.2, 0) is 17.8 Å². The topological polar surface area (TPSA) is 87.5 Å². The molecule has 28 heavy (non-hydrogen) atoms. The van der Waals surface area contributed by atoms with Gasteiger partial charge in [0.25, 0.3) is 5.91 Å². The number of thiazole rings is 1. The molecule has 2 aromatic heterocycles. The second-order valence-electron chi connectivity index (χ2n) is 6.34. The van der Waals surface area contributed by atoms with Crippen molar-refractivity contribution in [3.8, 4) is 0 Å². The number of rotatable bonds is 5. The molecule has 7 nitrogen and oxygen atoms in total. The summed E-state index contributed by atoms with van der Waals surface area (Å²) in [4.78, 5) is 32.1. The number of benzene rings is 1. The number of carbonyl (C=O) groups excluding carboxylic acids is 2. The number of nitrogens with one attached hydrogen (secondary N) is 2. The van der Waals surface area contributed by atoms with Crippen molar-refractivity contribution in [3.63, 3.8) is 0 Å². The molecule has 0 bridgehead atoms. The SMILES string of the molecule is O=C(CN1CCc2nc(NC(=O)c3ccco3)sc2C1)Nc1ccc(Br)cc1. The van der Waals surface area contributed by atoms with Crippen molar-refractivity contribution in [3.05, 3.63) is 63.5 Å². The van der Waals surface area contributed by atoms with Gasteiger partial charge in [0, 0.05) is 34.5 Å². The van der Waals surface area contributed by atoms with Crippen LogP contribution in [0.15, 0.2) is 51.6 Å². The highest BCUT2D eigenvalue weighted by Gasteiger charge is 2.23. The number of amides is 2. The van der Waals surface area contributed by atoms with Crippen LogP contribution in [0.3, 0.4) is 0 Å². The first kappa shape index (κ1) is 18.9. The molecule has 2 N–H and O–H groups in total. The Morgan fingerprint density at radius 3 is 2.79 bits per heavy atom. The number of aromatic nitrogens is 1. The lowest BCUT2D eigenvalue weighted by molar-refractivity contribution is -0.117. The van der Waals surface area contributed by atoms with E-state index in [9.17, 15) is 9.59 Å². The number of anilines is 2. The molecule has 0 aliphatic carbocycles. The lowest BCUT2D eigenvalue weighted by atomic mass is 10.2. The minimum Gasteiger partial charge on any atom is -0.459 e. The molecule has 3 aromatic rings. The summed E-state index contributed by atoms with van der Waals surface area (Å²) >= 11 is 4.81. The van der Waals surface area contributed by atoms with Gasteiger partial charge in [-0.15, -0.1) is 11.3 Å². The zero-order valence-electron chi connectivity index (χ0n) is 14.8. The summed E-state index contributed by atoms with van der Waals surface area (Å²) in [6, 6.07) is 10.8. The number of hydrogen-bond acceptors (Lipinski definition) is 6. The van der Waals surface area contributed by atoms with Crippen LogP contribution in [0.5, 0.6) is 0 Å². The Bertz CT molecular complexity index is 985. The predicted octanol–water partition coefficient (Wildman–Crippen LogP) is 3.75. The summed E-state index contributed by atoms with van der Waals surface area (Å²) < 4.78 is 6.06. The molecule has 0 fully saturated rings. The summed E-state index contributed by atoms with van der Waals surface area (Å²) in [7, 11) is 0. The van der Waals surface area contributed by atoms with Crippen molar-refractivity contribution in [2.75, 3.05) is 23.7 Å². The van der Waals surface area contributed by atoms with Crippen LogP contribution in [-0.4, -0.2) is 34.8 Å². The zero-order valence-corrected chi connectivity index (χ0v) is 17.2. The largest absolute Gasteiger partial charge is 0.459 e. The molecule has 0 unspecified atom stereocenters. The van der Waals surface area contributed by atoms with E-state index in [-0.39, 0.29) is 17.6 Å². The van der Waals surface area contributed by atoms with E-state index in [4.69, 9.17) is 4.42 Å². The number of hydrogen-bond donors (Lipinski definition) is 2.